The zero-order chi connectivity index (χ0) is 17.3. The second-order valence-electron chi connectivity index (χ2n) is 5.42. The van der Waals surface area contributed by atoms with Crippen molar-refractivity contribution < 1.29 is 9.66 Å². The van der Waals surface area contributed by atoms with Crippen molar-refractivity contribution in [2.24, 2.45) is 5.73 Å². The number of allylic oxidation sites excluding steroid dienone is 1. The van der Waals surface area contributed by atoms with Crippen molar-refractivity contribution in [1.29, 1.82) is 5.26 Å². The molecule has 0 bridgehead atoms. The normalized spacial score (nSPS) is 20.5. The summed E-state index contributed by atoms with van der Waals surface area (Å²) in [5, 5.41) is 21.9. The maximum Gasteiger partial charge on any atom is 0.288 e. The molecule has 1 saturated heterocycles. The average molecular weight is 344 g/mol. The van der Waals surface area contributed by atoms with Crippen LogP contribution in [0.15, 0.2) is 46.4 Å². The van der Waals surface area contributed by atoms with Crippen LogP contribution in [0.3, 0.4) is 0 Å². The molecule has 0 spiro atoms. The Labute approximate surface area is 143 Å². The van der Waals surface area contributed by atoms with E-state index in [1.54, 1.807) is 36.3 Å². The van der Waals surface area contributed by atoms with Gasteiger partial charge in [-0.05, 0) is 24.1 Å². The summed E-state index contributed by atoms with van der Waals surface area (Å²) in [5.74, 6) is 0.987. The highest BCUT2D eigenvalue weighted by Crippen LogP contribution is 2.45. The molecule has 1 aromatic carbocycles. The van der Waals surface area contributed by atoms with Crippen LogP contribution < -0.4 is 10.5 Å². The van der Waals surface area contributed by atoms with E-state index in [9.17, 15) is 15.4 Å². The highest BCUT2D eigenvalue weighted by molar-refractivity contribution is 8.03. The van der Waals surface area contributed by atoms with Gasteiger partial charge < -0.3 is 15.4 Å². The van der Waals surface area contributed by atoms with E-state index in [1.165, 1.54) is 11.8 Å². The van der Waals surface area contributed by atoms with Crippen LogP contribution in [-0.4, -0.2) is 29.2 Å². The third-order valence-corrected chi connectivity index (χ3v) is 5.32. The third-order valence-electron chi connectivity index (χ3n) is 4.12. The number of fused-ring (bicyclic) bond motifs is 1. The van der Waals surface area contributed by atoms with Gasteiger partial charge in [0.1, 0.15) is 17.5 Å². The molecule has 7 nitrogen and oxygen atoms in total. The van der Waals surface area contributed by atoms with Gasteiger partial charge >= 0.3 is 0 Å². The molecule has 2 aliphatic rings. The Hall–Kier alpha value is -2.66. The van der Waals surface area contributed by atoms with Gasteiger partial charge in [-0.25, -0.2) is 0 Å². The van der Waals surface area contributed by atoms with Crippen LogP contribution >= 0.6 is 11.8 Å². The molecule has 2 aliphatic heterocycles. The molecule has 2 heterocycles. The lowest BCUT2D eigenvalue weighted by Gasteiger charge is -2.36. The second kappa shape index (κ2) is 6.45. The van der Waals surface area contributed by atoms with E-state index in [4.69, 9.17) is 10.5 Å². The number of nitrogens with zero attached hydrogens (tertiary/aromatic N) is 3. The summed E-state index contributed by atoms with van der Waals surface area (Å²) in [6, 6.07) is 9.01. The predicted molar refractivity (Wildman–Crippen MR) is 90.4 cm³/mol. The fourth-order valence-electron chi connectivity index (χ4n) is 2.99. The van der Waals surface area contributed by atoms with Crippen molar-refractivity contribution in [3.8, 4) is 11.8 Å². The molecule has 0 aliphatic carbocycles. The topological polar surface area (TPSA) is 105 Å². The van der Waals surface area contributed by atoms with Gasteiger partial charge in [-0.3, -0.25) is 10.1 Å². The Kier molecular flexibility index (Phi) is 4.36. The van der Waals surface area contributed by atoms with E-state index in [2.05, 4.69) is 6.07 Å². The van der Waals surface area contributed by atoms with Gasteiger partial charge in [0, 0.05) is 12.3 Å². The van der Waals surface area contributed by atoms with E-state index in [-0.39, 0.29) is 16.2 Å². The molecule has 1 aromatic rings. The van der Waals surface area contributed by atoms with Gasteiger partial charge in [0.05, 0.1) is 23.7 Å². The zero-order valence-corrected chi connectivity index (χ0v) is 13.9. The van der Waals surface area contributed by atoms with Gasteiger partial charge in [0.2, 0.25) is 0 Å². The van der Waals surface area contributed by atoms with Crippen molar-refractivity contribution >= 4 is 11.8 Å². The zero-order valence-electron chi connectivity index (χ0n) is 13.1. The first-order valence-electron chi connectivity index (χ1n) is 7.41. The smallest absolute Gasteiger partial charge is 0.288 e. The summed E-state index contributed by atoms with van der Waals surface area (Å²) in [6.45, 7) is 0.589. The minimum absolute atomic E-state index is 0.0237. The molecule has 1 fully saturated rings. The number of hydrogen-bond donors (Lipinski definition) is 1. The highest BCUT2D eigenvalue weighted by Gasteiger charge is 2.43. The molecule has 0 saturated carbocycles. The van der Waals surface area contributed by atoms with Crippen molar-refractivity contribution in [2.45, 2.75) is 12.3 Å². The molecule has 1 unspecified atom stereocenters. The Morgan fingerprint density at radius 1 is 1.46 bits per heavy atom. The van der Waals surface area contributed by atoms with Crippen LogP contribution in [0.5, 0.6) is 5.75 Å². The number of thioether (sulfide) groups is 1. The molecule has 3 rings (SSSR count). The van der Waals surface area contributed by atoms with Crippen molar-refractivity contribution in [1.82, 2.24) is 4.90 Å². The lowest BCUT2D eigenvalue weighted by atomic mass is 9.86. The standard InChI is InChI=1S/C16H16N4O3S/c1-23-11-5-3-10(4-6-11)13-12(9-17)15(18)19-7-2-8-24-16(19)14(13)20(21)22/h3-6,13H,2,7-8,18H2,1H3. The summed E-state index contributed by atoms with van der Waals surface area (Å²) < 4.78 is 5.13. The molecule has 0 radical (unpaired) electrons. The van der Waals surface area contributed by atoms with Crippen molar-refractivity contribution in [2.75, 3.05) is 19.4 Å². The lowest BCUT2D eigenvalue weighted by molar-refractivity contribution is -0.431. The minimum atomic E-state index is -0.771. The largest absolute Gasteiger partial charge is 0.497 e. The summed E-state index contributed by atoms with van der Waals surface area (Å²) in [5.41, 5.74) is 7.08. The molecular weight excluding hydrogens is 328 g/mol. The SMILES string of the molecule is COc1ccc(C2C(C#N)=C(N)N3CCCSC3=C2[N+](=O)[O-])cc1. The van der Waals surface area contributed by atoms with E-state index < -0.39 is 5.92 Å². The molecular formula is C16H16N4O3S. The number of nitriles is 1. The maximum atomic E-state index is 11.8. The molecule has 124 valence electrons. The van der Waals surface area contributed by atoms with Gasteiger partial charge in [0.25, 0.3) is 5.70 Å². The first-order chi connectivity index (χ1) is 11.6. The fourth-order valence-corrected chi connectivity index (χ4v) is 4.15. The van der Waals surface area contributed by atoms with E-state index >= 15 is 0 Å². The molecule has 1 atom stereocenters. The van der Waals surface area contributed by atoms with Gasteiger partial charge in [-0.1, -0.05) is 12.1 Å². The maximum absolute atomic E-state index is 11.8. The monoisotopic (exact) mass is 344 g/mol. The summed E-state index contributed by atoms with van der Waals surface area (Å²) in [6.07, 6.45) is 0.867. The van der Waals surface area contributed by atoms with E-state index in [0.29, 0.717) is 28.7 Å². The van der Waals surface area contributed by atoms with Crippen LogP contribution in [-0.2, 0) is 0 Å². The Morgan fingerprint density at radius 3 is 2.75 bits per heavy atom. The molecule has 8 heteroatoms. The number of ether oxygens (including phenoxy) is 1. The Balaban J connectivity index is 2.18. The first kappa shape index (κ1) is 16.2. The van der Waals surface area contributed by atoms with Crippen LogP contribution in [0.2, 0.25) is 0 Å². The number of methoxy groups -OCH3 is 1. The quantitative estimate of drug-likeness (QED) is 0.663. The van der Waals surface area contributed by atoms with Crippen LogP contribution in [0, 0.1) is 21.4 Å². The number of nitrogens with two attached hydrogens (primary N) is 1. The summed E-state index contributed by atoms with van der Waals surface area (Å²) >= 11 is 1.42. The van der Waals surface area contributed by atoms with Crippen LogP contribution in [0.25, 0.3) is 0 Å². The first-order valence-corrected chi connectivity index (χ1v) is 8.39. The van der Waals surface area contributed by atoms with Crippen molar-refractivity contribution in [3.63, 3.8) is 0 Å². The number of benzene rings is 1. The Bertz CT molecular complexity index is 780. The predicted octanol–water partition coefficient (Wildman–Crippen LogP) is 2.37. The molecule has 24 heavy (non-hydrogen) atoms. The van der Waals surface area contributed by atoms with E-state index in [1.807, 2.05) is 0 Å². The molecule has 0 amide bonds. The van der Waals surface area contributed by atoms with Gasteiger partial charge in [0.15, 0.2) is 5.03 Å². The molecule has 0 aromatic heterocycles. The fraction of sp³-hybridized carbons (Fsp3) is 0.312. The number of hydrogen-bond acceptors (Lipinski definition) is 7. The Morgan fingerprint density at radius 2 is 2.17 bits per heavy atom. The highest BCUT2D eigenvalue weighted by atomic mass is 32.2. The molecule has 2 N–H and O–H groups in total. The summed E-state index contributed by atoms with van der Waals surface area (Å²) in [4.78, 5) is 13.1. The van der Waals surface area contributed by atoms with Crippen LogP contribution in [0.1, 0.15) is 17.9 Å². The van der Waals surface area contributed by atoms with Crippen molar-refractivity contribution in [3.05, 3.63) is 62.1 Å². The second-order valence-corrected chi connectivity index (χ2v) is 6.50. The third kappa shape index (κ3) is 2.57. The number of nitro groups is 1. The van der Waals surface area contributed by atoms with E-state index in [0.717, 1.165) is 12.2 Å². The lowest BCUT2D eigenvalue weighted by Crippen LogP contribution is -2.38. The van der Waals surface area contributed by atoms with Gasteiger partial charge in [-0.15, -0.1) is 11.8 Å². The van der Waals surface area contributed by atoms with Crippen LogP contribution in [0.4, 0.5) is 0 Å². The minimum Gasteiger partial charge on any atom is -0.497 e. The summed E-state index contributed by atoms with van der Waals surface area (Å²) in [7, 11) is 1.55. The van der Waals surface area contributed by atoms with Gasteiger partial charge in [-0.2, -0.15) is 5.26 Å². The average Bonchev–Trinajstić information content (AvgIpc) is 2.61. The number of rotatable bonds is 3.